The molecule has 0 saturated carbocycles. The summed E-state index contributed by atoms with van der Waals surface area (Å²) >= 11 is 0. The number of benzene rings is 2. The van der Waals surface area contributed by atoms with Gasteiger partial charge < -0.3 is 4.90 Å². The lowest BCUT2D eigenvalue weighted by Gasteiger charge is -2.33. The maximum absolute atomic E-state index is 12.9. The van der Waals surface area contributed by atoms with Crippen LogP contribution in [0.5, 0.6) is 0 Å². The normalized spacial score (nSPS) is 16.2. The molecule has 2 aromatic carbocycles. The fraction of sp³-hybridized carbons (Fsp3) is 0.348. The number of nitrogens with zero attached hydrogens (tertiary/aromatic N) is 2. The number of amides is 1. The van der Waals surface area contributed by atoms with E-state index in [0.29, 0.717) is 39.0 Å². The first kappa shape index (κ1) is 21.3. The summed E-state index contributed by atoms with van der Waals surface area (Å²) in [6.07, 6.45) is 2.73. The molecule has 154 valence electrons. The van der Waals surface area contributed by atoms with Gasteiger partial charge in [0, 0.05) is 37.5 Å². The topological polar surface area (TPSA) is 57.7 Å². The highest BCUT2D eigenvalue weighted by Gasteiger charge is 2.31. The Bertz CT molecular complexity index is 919. The highest BCUT2D eigenvalue weighted by atomic mass is 32.2. The molecule has 0 unspecified atom stereocenters. The van der Waals surface area contributed by atoms with Crippen molar-refractivity contribution in [3.63, 3.8) is 0 Å². The van der Waals surface area contributed by atoms with E-state index < -0.39 is 10.0 Å². The van der Waals surface area contributed by atoms with Gasteiger partial charge in [0.15, 0.2) is 0 Å². The summed E-state index contributed by atoms with van der Waals surface area (Å²) < 4.78 is 26.7. The van der Waals surface area contributed by atoms with Gasteiger partial charge in [-0.25, -0.2) is 8.42 Å². The predicted molar refractivity (Wildman–Crippen MR) is 116 cm³/mol. The van der Waals surface area contributed by atoms with Crippen molar-refractivity contribution in [2.75, 3.05) is 19.6 Å². The minimum Gasteiger partial charge on any atom is -0.338 e. The van der Waals surface area contributed by atoms with Crippen molar-refractivity contribution in [3.05, 3.63) is 77.2 Å². The van der Waals surface area contributed by atoms with Crippen LogP contribution in [-0.4, -0.2) is 43.2 Å². The average Bonchev–Trinajstić information content (AvgIpc) is 2.77. The third-order valence-electron chi connectivity index (χ3n) is 5.30. The second-order valence-electron chi connectivity index (χ2n) is 7.27. The Kier molecular flexibility index (Phi) is 7.23. The van der Waals surface area contributed by atoms with Crippen LogP contribution in [0.4, 0.5) is 0 Å². The van der Waals surface area contributed by atoms with E-state index in [0.717, 1.165) is 11.1 Å². The van der Waals surface area contributed by atoms with Gasteiger partial charge in [-0.1, -0.05) is 60.7 Å². The Morgan fingerprint density at radius 3 is 2.21 bits per heavy atom. The van der Waals surface area contributed by atoms with E-state index in [1.54, 1.807) is 6.08 Å². The van der Waals surface area contributed by atoms with Crippen molar-refractivity contribution in [1.82, 2.24) is 9.21 Å². The molecule has 1 saturated heterocycles. The second-order valence-corrected chi connectivity index (χ2v) is 9.09. The molecule has 5 nitrogen and oxygen atoms in total. The molecule has 3 rings (SSSR count). The molecule has 0 aromatic heterocycles. The zero-order chi connectivity index (χ0) is 20.7. The minimum absolute atomic E-state index is 0.119. The number of hydrogen-bond donors (Lipinski definition) is 0. The van der Waals surface area contributed by atoms with Gasteiger partial charge in [0.05, 0.1) is 0 Å². The van der Waals surface area contributed by atoms with Crippen molar-refractivity contribution < 1.29 is 13.2 Å². The minimum atomic E-state index is -3.48. The third kappa shape index (κ3) is 5.78. The maximum Gasteiger partial charge on any atom is 0.236 e. The van der Waals surface area contributed by atoms with E-state index >= 15 is 0 Å². The molecule has 0 bridgehead atoms. The van der Waals surface area contributed by atoms with Crippen LogP contribution >= 0.6 is 0 Å². The lowest BCUT2D eigenvalue weighted by atomic mass is 9.96. The van der Waals surface area contributed by atoms with Gasteiger partial charge in [-0.05, 0) is 37.0 Å². The van der Waals surface area contributed by atoms with E-state index in [1.165, 1.54) is 9.71 Å². The molecule has 29 heavy (non-hydrogen) atoms. The Hall–Kier alpha value is -2.44. The molecular weight excluding hydrogens is 384 g/mol. The largest absolute Gasteiger partial charge is 0.338 e. The molecule has 1 fully saturated rings. The summed E-state index contributed by atoms with van der Waals surface area (Å²) in [6.45, 7) is 3.97. The van der Waals surface area contributed by atoms with Crippen LogP contribution in [0.2, 0.25) is 0 Å². The fourth-order valence-electron chi connectivity index (χ4n) is 3.58. The first-order chi connectivity index (χ1) is 14.0. The summed E-state index contributed by atoms with van der Waals surface area (Å²) in [4.78, 5) is 14.8. The number of piperidine rings is 1. The first-order valence-corrected chi connectivity index (χ1v) is 11.6. The molecule has 1 heterocycles. The number of carbonyl (C=O) groups is 1. The number of rotatable bonds is 7. The van der Waals surface area contributed by atoms with Crippen LogP contribution in [0.25, 0.3) is 6.08 Å². The Labute approximate surface area is 173 Å². The second kappa shape index (κ2) is 9.85. The molecule has 2 aromatic rings. The van der Waals surface area contributed by atoms with E-state index in [4.69, 9.17) is 0 Å². The molecule has 1 aliphatic rings. The van der Waals surface area contributed by atoms with Crippen LogP contribution in [0.3, 0.4) is 0 Å². The van der Waals surface area contributed by atoms with Crippen molar-refractivity contribution >= 4 is 22.0 Å². The van der Waals surface area contributed by atoms with Crippen LogP contribution in [-0.2, 0) is 21.4 Å². The summed E-state index contributed by atoms with van der Waals surface area (Å²) in [6, 6.07) is 19.3. The molecule has 0 spiro atoms. The molecule has 1 aliphatic heterocycles. The van der Waals surface area contributed by atoms with Gasteiger partial charge in [0.2, 0.25) is 15.9 Å². The standard InChI is InChI=1S/C23H28N2O3S/c1-2-24(19-21-11-7-4-8-12-21)23(26)22-13-16-25(17-14-22)29(27,28)18-15-20-9-5-3-6-10-20/h3-12,15,18,22H,2,13-14,16-17,19H2,1H3/b18-15+. The molecule has 0 atom stereocenters. The summed E-state index contributed by atoms with van der Waals surface area (Å²) in [5.41, 5.74) is 1.95. The lowest BCUT2D eigenvalue weighted by Crippen LogP contribution is -2.43. The highest BCUT2D eigenvalue weighted by Crippen LogP contribution is 2.23. The van der Waals surface area contributed by atoms with Crippen molar-refractivity contribution in [2.45, 2.75) is 26.3 Å². The molecule has 1 amide bonds. The molecule has 0 aliphatic carbocycles. The van der Waals surface area contributed by atoms with Crippen LogP contribution in [0.1, 0.15) is 30.9 Å². The van der Waals surface area contributed by atoms with E-state index in [-0.39, 0.29) is 11.8 Å². The molecule has 0 radical (unpaired) electrons. The zero-order valence-corrected chi connectivity index (χ0v) is 17.6. The number of hydrogen-bond acceptors (Lipinski definition) is 3. The van der Waals surface area contributed by atoms with E-state index in [2.05, 4.69) is 0 Å². The smallest absolute Gasteiger partial charge is 0.236 e. The van der Waals surface area contributed by atoms with Crippen molar-refractivity contribution in [3.8, 4) is 0 Å². The Morgan fingerprint density at radius 1 is 1.03 bits per heavy atom. The SMILES string of the molecule is CCN(Cc1ccccc1)C(=O)C1CCN(S(=O)(=O)/C=C/c2ccccc2)CC1. The average molecular weight is 413 g/mol. The van der Waals surface area contributed by atoms with Gasteiger partial charge >= 0.3 is 0 Å². The summed E-state index contributed by atoms with van der Waals surface area (Å²) in [5.74, 6) is -0.00329. The van der Waals surface area contributed by atoms with Gasteiger partial charge in [0.1, 0.15) is 0 Å². The van der Waals surface area contributed by atoms with Crippen LogP contribution in [0, 0.1) is 5.92 Å². The molecular formula is C23H28N2O3S. The highest BCUT2D eigenvalue weighted by molar-refractivity contribution is 7.92. The van der Waals surface area contributed by atoms with Crippen LogP contribution < -0.4 is 0 Å². The monoisotopic (exact) mass is 412 g/mol. The van der Waals surface area contributed by atoms with Gasteiger partial charge in [-0.2, -0.15) is 4.31 Å². The van der Waals surface area contributed by atoms with Gasteiger partial charge in [0.25, 0.3) is 0 Å². The van der Waals surface area contributed by atoms with Crippen molar-refractivity contribution in [1.29, 1.82) is 0 Å². The molecule has 6 heteroatoms. The van der Waals surface area contributed by atoms with E-state index in [9.17, 15) is 13.2 Å². The molecule has 0 N–H and O–H groups in total. The summed E-state index contributed by atoms with van der Waals surface area (Å²) in [5, 5.41) is 1.26. The predicted octanol–water partition coefficient (Wildman–Crippen LogP) is 3.75. The number of carbonyl (C=O) groups excluding carboxylic acids is 1. The van der Waals surface area contributed by atoms with Gasteiger partial charge in [-0.3, -0.25) is 4.79 Å². The van der Waals surface area contributed by atoms with Gasteiger partial charge in [-0.15, -0.1) is 0 Å². The Balaban J connectivity index is 1.57. The fourth-order valence-corrected chi connectivity index (χ4v) is 4.80. The Morgan fingerprint density at radius 2 is 1.62 bits per heavy atom. The summed E-state index contributed by atoms with van der Waals surface area (Å²) in [7, 11) is -3.48. The quantitative estimate of drug-likeness (QED) is 0.696. The first-order valence-electron chi connectivity index (χ1n) is 10.1. The maximum atomic E-state index is 12.9. The number of sulfonamides is 1. The van der Waals surface area contributed by atoms with Crippen molar-refractivity contribution in [2.24, 2.45) is 5.92 Å². The zero-order valence-electron chi connectivity index (χ0n) is 16.8. The lowest BCUT2D eigenvalue weighted by molar-refractivity contribution is -0.137. The third-order valence-corrected chi connectivity index (χ3v) is 6.87. The van der Waals surface area contributed by atoms with E-state index in [1.807, 2.05) is 72.5 Å². The van der Waals surface area contributed by atoms with Crippen LogP contribution in [0.15, 0.2) is 66.1 Å².